The van der Waals surface area contributed by atoms with Gasteiger partial charge < -0.3 is 5.32 Å². The van der Waals surface area contributed by atoms with Crippen LogP contribution in [0.15, 0.2) is 79.6 Å². The lowest BCUT2D eigenvalue weighted by Crippen LogP contribution is -2.23. The molecule has 0 aliphatic heterocycles. The summed E-state index contributed by atoms with van der Waals surface area (Å²) in [6.45, 7) is 0.390. The molecule has 1 amide bonds. The number of amides is 1. The fourth-order valence-electron chi connectivity index (χ4n) is 2.71. The highest BCUT2D eigenvalue weighted by molar-refractivity contribution is 5.94. The molecule has 0 atom stereocenters. The van der Waals surface area contributed by atoms with Crippen LogP contribution < -0.4 is 5.32 Å². The average molecular weight is 344 g/mol. The van der Waals surface area contributed by atoms with E-state index in [1.165, 1.54) is 6.33 Å². The first kappa shape index (κ1) is 15.8. The summed E-state index contributed by atoms with van der Waals surface area (Å²) in [5, 5.41) is 11.3. The summed E-state index contributed by atoms with van der Waals surface area (Å²) in [6.07, 6.45) is 6.66. The lowest BCUT2D eigenvalue weighted by Gasteiger charge is -2.11. The molecule has 0 spiro atoms. The van der Waals surface area contributed by atoms with Crippen molar-refractivity contribution in [3.63, 3.8) is 0 Å². The number of para-hydroxylation sites is 1. The first-order valence-electron chi connectivity index (χ1n) is 8.12. The van der Waals surface area contributed by atoms with Gasteiger partial charge in [-0.05, 0) is 35.9 Å². The van der Waals surface area contributed by atoms with E-state index in [1.54, 1.807) is 28.0 Å². The SMILES string of the molecule is O=C(NCc1ccccc1-n1cncn1)c1cccc(-n2cccn2)c1. The zero-order chi connectivity index (χ0) is 17.8. The third-order valence-corrected chi connectivity index (χ3v) is 3.97. The van der Waals surface area contributed by atoms with Crippen molar-refractivity contribution >= 4 is 5.91 Å². The first-order valence-corrected chi connectivity index (χ1v) is 8.12. The van der Waals surface area contributed by atoms with E-state index in [2.05, 4.69) is 20.5 Å². The van der Waals surface area contributed by atoms with Crippen molar-refractivity contribution in [2.24, 2.45) is 0 Å². The number of hydrogen-bond acceptors (Lipinski definition) is 4. The molecule has 128 valence electrons. The van der Waals surface area contributed by atoms with Crippen LogP contribution in [-0.2, 0) is 6.54 Å². The first-order chi connectivity index (χ1) is 12.8. The molecule has 7 heteroatoms. The highest BCUT2D eigenvalue weighted by Gasteiger charge is 2.09. The van der Waals surface area contributed by atoms with Gasteiger partial charge in [-0.25, -0.2) is 14.3 Å². The summed E-state index contributed by atoms with van der Waals surface area (Å²) < 4.78 is 3.40. The number of carbonyl (C=O) groups is 1. The van der Waals surface area contributed by atoms with Crippen LogP contribution in [0.25, 0.3) is 11.4 Å². The Balaban J connectivity index is 1.51. The van der Waals surface area contributed by atoms with Gasteiger partial charge in [-0.3, -0.25) is 4.79 Å². The van der Waals surface area contributed by atoms with Gasteiger partial charge in [0.25, 0.3) is 5.91 Å². The molecule has 1 N–H and O–H groups in total. The van der Waals surface area contributed by atoms with E-state index < -0.39 is 0 Å². The Morgan fingerprint density at radius 2 is 1.92 bits per heavy atom. The molecule has 0 fully saturated rings. The number of hydrogen-bond donors (Lipinski definition) is 1. The van der Waals surface area contributed by atoms with Crippen molar-refractivity contribution in [1.29, 1.82) is 0 Å². The molecule has 0 aliphatic carbocycles. The van der Waals surface area contributed by atoms with E-state index in [9.17, 15) is 4.79 Å². The Hall–Kier alpha value is -3.74. The van der Waals surface area contributed by atoms with Crippen LogP contribution in [0.3, 0.4) is 0 Å². The summed E-state index contributed by atoms with van der Waals surface area (Å²) in [5.74, 6) is -0.146. The minimum absolute atomic E-state index is 0.146. The number of rotatable bonds is 5. The summed E-state index contributed by atoms with van der Waals surface area (Å²) in [7, 11) is 0. The van der Waals surface area contributed by atoms with E-state index in [1.807, 2.05) is 54.7 Å². The van der Waals surface area contributed by atoms with E-state index >= 15 is 0 Å². The molecule has 0 bridgehead atoms. The Kier molecular flexibility index (Phi) is 4.26. The van der Waals surface area contributed by atoms with E-state index in [0.29, 0.717) is 12.1 Å². The predicted octanol–water partition coefficient (Wildman–Crippen LogP) is 2.38. The van der Waals surface area contributed by atoms with Gasteiger partial charge in [0.1, 0.15) is 12.7 Å². The van der Waals surface area contributed by atoms with Crippen molar-refractivity contribution in [3.05, 3.63) is 90.8 Å². The molecule has 0 radical (unpaired) electrons. The van der Waals surface area contributed by atoms with Crippen molar-refractivity contribution in [2.75, 3.05) is 0 Å². The van der Waals surface area contributed by atoms with Crippen LogP contribution in [0.5, 0.6) is 0 Å². The molecule has 26 heavy (non-hydrogen) atoms. The van der Waals surface area contributed by atoms with Gasteiger partial charge in [0.05, 0.1) is 11.4 Å². The largest absolute Gasteiger partial charge is 0.348 e. The third kappa shape index (κ3) is 3.23. The lowest BCUT2D eigenvalue weighted by molar-refractivity contribution is 0.0951. The van der Waals surface area contributed by atoms with Gasteiger partial charge in [0.15, 0.2) is 0 Å². The molecule has 0 saturated heterocycles. The normalized spacial score (nSPS) is 10.6. The second-order valence-electron chi connectivity index (χ2n) is 5.65. The molecule has 4 aromatic rings. The Labute approximate surface area is 149 Å². The van der Waals surface area contributed by atoms with Crippen molar-refractivity contribution in [3.8, 4) is 11.4 Å². The number of nitrogens with zero attached hydrogens (tertiary/aromatic N) is 5. The fraction of sp³-hybridized carbons (Fsp3) is 0.0526. The van der Waals surface area contributed by atoms with Crippen molar-refractivity contribution < 1.29 is 4.79 Å². The van der Waals surface area contributed by atoms with Crippen molar-refractivity contribution in [2.45, 2.75) is 6.54 Å². The number of nitrogens with one attached hydrogen (secondary N) is 1. The highest BCUT2D eigenvalue weighted by atomic mass is 16.1. The van der Waals surface area contributed by atoms with Crippen LogP contribution in [0, 0.1) is 0 Å². The molecule has 0 unspecified atom stereocenters. The second-order valence-corrected chi connectivity index (χ2v) is 5.65. The quantitative estimate of drug-likeness (QED) is 0.603. The predicted molar refractivity (Wildman–Crippen MR) is 96.1 cm³/mol. The molecule has 2 aromatic heterocycles. The molecule has 4 rings (SSSR count). The molecule has 7 nitrogen and oxygen atoms in total. The minimum Gasteiger partial charge on any atom is -0.348 e. The summed E-state index contributed by atoms with van der Waals surface area (Å²) >= 11 is 0. The van der Waals surface area contributed by atoms with Gasteiger partial charge in [-0.1, -0.05) is 24.3 Å². The molecule has 2 heterocycles. The van der Waals surface area contributed by atoms with Gasteiger partial charge >= 0.3 is 0 Å². The fourth-order valence-corrected chi connectivity index (χ4v) is 2.71. The summed E-state index contributed by atoms with van der Waals surface area (Å²) in [5.41, 5.74) is 3.26. The maximum absolute atomic E-state index is 12.6. The Bertz CT molecular complexity index is 1010. The number of benzene rings is 2. The molecule has 0 saturated carbocycles. The van der Waals surface area contributed by atoms with Crippen LogP contribution in [0.4, 0.5) is 0 Å². The molecule has 0 aliphatic rings. The summed E-state index contributed by atoms with van der Waals surface area (Å²) in [4.78, 5) is 16.5. The second kappa shape index (κ2) is 7.02. The number of aromatic nitrogens is 5. The molecular formula is C19H16N6O. The third-order valence-electron chi connectivity index (χ3n) is 3.97. The van der Waals surface area contributed by atoms with Crippen LogP contribution >= 0.6 is 0 Å². The van der Waals surface area contributed by atoms with Crippen LogP contribution in [0.1, 0.15) is 15.9 Å². The monoisotopic (exact) mass is 344 g/mol. The van der Waals surface area contributed by atoms with Gasteiger partial charge in [0.2, 0.25) is 0 Å². The van der Waals surface area contributed by atoms with Crippen molar-refractivity contribution in [1.82, 2.24) is 29.9 Å². The maximum atomic E-state index is 12.6. The van der Waals surface area contributed by atoms with Gasteiger partial charge in [-0.15, -0.1) is 0 Å². The highest BCUT2D eigenvalue weighted by Crippen LogP contribution is 2.14. The number of carbonyl (C=O) groups excluding carboxylic acids is 1. The smallest absolute Gasteiger partial charge is 0.251 e. The van der Waals surface area contributed by atoms with Gasteiger partial charge in [0, 0.05) is 24.5 Å². The van der Waals surface area contributed by atoms with Gasteiger partial charge in [-0.2, -0.15) is 10.2 Å². The summed E-state index contributed by atoms with van der Waals surface area (Å²) in [6, 6.07) is 16.9. The lowest BCUT2D eigenvalue weighted by atomic mass is 10.1. The standard InChI is InChI=1S/C19H16N6O/c26-19(15-6-3-7-17(11-15)24-10-4-9-22-24)21-12-16-5-1-2-8-18(16)25-14-20-13-23-25/h1-11,13-14H,12H2,(H,21,26). The zero-order valence-electron chi connectivity index (χ0n) is 13.9. The Morgan fingerprint density at radius 3 is 2.73 bits per heavy atom. The van der Waals surface area contributed by atoms with E-state index in [0.717, 1.165) is 16.9 Å². The molecule has 2 aromatic carbocycles. The average Bonchev–Trinajstić information content (AvgIpc) is 3.40. The van der Waals surface area contributed by atoms with Crippen LogP contribution in [0.2, 0.25) is 0 Å². The topological polar surface area (TPSA) is 77.6 Å². The zero-order valence-corrected chi connectivity index (χ0v) is 13.9. The van der Waals surface area contributed by atoms with E-state index in [4.69, 9.17) is 0 Å². The Morgan fingerprint density at radius 1 is 1.00 bits per heavy atom. The molecular weight excluding hydrogens is 328 g/mol. The maximum Gasteiger partial charge on any atom is 0.251 e. The van der Waals surface area contributed by atoms with E-state index in [-0.39, 0.29) is 5.91 Å². The minimum atomic E-state index is -0.146. The van der Waals surface area contributed by atoms with Crippen LogP contribution in [-0.4, -0.2) is 30.5 Å².